The quantitative estimate of drug-likeness (QED) is 0.356. The van der Waals surface area contributed by atoms with Gasteiger partial charge in [0.25, 0.3) is 0 Å². The summed E-state index contributed by atoms with van der Waals surface area (Å²) in [6.45, 7) is 3.61. The van der Waals surface area contributed by atoms with Gasteiger partial charge in [-0.15, -0.1) is 0 Å². The third kappa shape index (κ3) is 4.57. The zero-order valence-electron chi connectivity index (χ0n) is 15.1. The highest BCUT2D eigenvalue weighted by atomic mass is 35.5. The molecule has 138 valence electrons. The van der Waals surface area contributed by atoms with Crippen LogP contribution in [0.2, 0.25) is 5.15 Å². The Morgan fingerprint density at radius 2 is 1.96 bits per heavy atom. The van der Waals surface area contributed by atoms with E-state index < -0.39 is 5.97 Å². The van der Waals surface area contributed by atoms with Gasteiger partial charge in [-0.05, 0) is 61.9 Å². The van der Waals surface area contributed by atoms with Crippen LogP contribution in [-0.2, 0) is 4.74 Å². The highest BCUT2D eigenvalue weighted by molar-refractivity contribution is 6.32. The molecule has 2 aromatic carbocycles. The van der Waals surface area contributed by atoms with Crippen LogP contribution in [0.3, 0.4) is 0 Å². The Bertz CT molecular complexity index is 973. The minimum absolute atomic E-state index is 0.182. The Labute approximate surface area is 163 Å². The summed E-state index contributed by atoms with van der Waals surface area (Å²) in [6, 6.07) is 16.6. The van der Waals surface area contributed by atoms with Gasteiger partial charge in [-0.2, -0.15) is 0 Å². The molecule has 0 spiro atoms. The number of halogens is 1. The number of hydrogen-bond acceptors (Lipinski definition) is 5. The summed E-state index contributed by atoms with van der Waals surface area (Å²) in [5.41, 5.74) is 10.3. The van der Waals surface area contributed by atoms with Crippen molar-refractivity contribution in [3.8, 4) is 11.1 Å². The SMILES string of the molecule is CC(C)OC(=O)c1ccc(Nc2cccc(-c3cccnc3Cl)c2)c(N)c1. The molecule has 0 fully saturated rings. The van der Waals surface area contributed by atoms with Crippen molar-refractivity contribution in [1.82, 2.24) is 4.98 Å². The molecule has 3 rings (SSSR count). The van der Waals surface area contributed by atoms with Crippen LogP contribution >= 0.6 is 11.6 Å². The lowest BCUT2D eigenvalue weighted by molar-refractivity contribution is 0.0378. The second kappa shape index (κ2) is 8.10. The topological polar surface area (TPSA) is 77.2 Å². The molecule has 27 heavy (non-hydrogen) atoms. The van der Waals surface area contributed by atoms with Crippen molar-refractivity contribution in [3.63, 3.8) is 0 Å². The fraction of sp³-hybridized carbons (Fsp3) is 0.143. The van der Waals surface area contributed by atoms with E-state index in [0.717, 1.165) is 16.8 Å². The normalized spacial score (nSPS) is 10.7. The largest absolute Gasteiger partial charge is 0.459 e. The predicted octanol–water partition coefficient (Wildman–Crippen LogP) is 5.29. The van der Waals surface area contributed by atoms with Gasteiger partial charge in [-0.3, -0.25) is 0 Å². The molecule has 0 aliphatic heterocycles. The van der Waals surface area contributed by atoms with Crippen molar-refractivity contribution in [3.05, 3.63) is 71.5 Å². The number of carbonyl (C=O) groups is 1. The number of carbonyl (C=O) groups excluding carboxylic acids is 1. The van der Waals surface area contributed by atoms with E-state index in [0.29, 0.717) is 22.1 Å². The minimum Gasteiger partial charge on any atom is -0.459 e. The Morgan fingerprint density at radius 1 is 1.15 bits per heavy atom. The lowest BCUT2D eigenvalue weighted by Gasteiger charge is -2.13. The average Bonchev–Trinajstić information content (AvgIpc) is 2.63. The maximum atomic E-state index is 12.0. The van der Waals surface area contributed by atoms with Gasteiger partial charge in [-0.1, -0.05) is 23.7 Å². The first-order valence-electron chi connectivity index (χ1n) is 8.52. The molecule has 1 aromatic heterocycles. The zero-order valence-corrected chi connectivity index (χ0v) is 15.8. The van der Waals surface area contributed by atoms with Crippen LogP contribution < -0.4 is 11.1 Å². The summed E-state index contributed by atoms with van der Waals surface area (Å²) in [6.07, 6.45) is 1.47. The number of nitrogen functional groups attached to an aromatic ring is 1. The number of rotatable bonds is 5. The first-order valence-corrected chi connectivity index (χ1v) is 8.90. The van der Waals surface area contributed by atoms with Crippen LogP contribution in [0.5, 0.6) is 0 Å². The van der Waals surface area contributed by atoms with E-state index in [1.165, 1.54) is 0 Å². The Morgan fingerprint density at radius 3 is 2.67 bits per heavy atom. The molecule has 1 heterocycles. The second-order valence-corrected chi connectivity index (χ2v) is 6.66. The second-order valence-electron chi connectivity index (χ2n) is 6.30. The maximum Gasteiger partial charge on any atom is 0.338 e. The molecular formula is C21H20ClN3O2. The van der Waals surface area contributed by atoms with E-state index in [1.54, 1.807) is 38.2 Å². The number of ether oxygens (including phenoxy) is 1. The van der Waals surface area contributed by atoms with Gasteiger partial charge in [0.2, 0.25) is 0 Å². The summed E-state index contributed by atoms with van der Waals surface area (Å²) in [7, 11) is 0. The van der Waals surface area contributed by atoms with Crippen LogP contribution in [0.1, 0.15) is 24.2 Å². The summed E-state index contributed by atoms with van der Waals surface area (Å²) in [5, 5.41) is 3.71. The van der Waals surface area contributed by atoms with E-state index in [4.69, 9.17) is 22.1 Å². The van der Waals surface area contributed by atoms with Crippen molar-refractivity contribution in [2.24, 2.45) is 0 Å². The highest BCUT2D eigenvalue weighted by Crippen LogP contribution is 2.30. The van der Waals surface area contributed by atoms with Crippen LogP contribution in [0.25, 0.3) is 11.1 Å². The Kier molecular flexibility index (Phi) is 5.62. The average molecular weight is 382 g/mol. The van der Waals surface area contributed by atoms with Crippen LogP contribution in [0, 0.1) is 0 Å². The van der Waals surface area contributed by atoms with E-state index >= 15 is 0 Å². The van der Waals surface area contributed by atoms with Crippen LogP contribution in [0.4, 0.5) is 17.1 Å². The van der Waals surface area contributed by atoms with Gasteiger partial charge in [0.1, 0.15) is 5.15 Å². The molecule has 0 bridgehead atoms. The number of nitrogens with zero attached hydrogens (tertiary/aromatic N) is 1. The predicted molar refractivity (Wildman–Crippen MR) is 109 cm³/mol. The van der Waals surface area contributed by atoms with E-state index in [2.05, 4.69) is 10.3 Å². The van der Waals surface area contributed by atoms with Gasteiger partial charge in [0.15, 0.2) is 0 Å². The Hall–Kier alpha value is -3.05. The van der Waals surface area contributed by atoms with Crippen molar-refractivity contribution >= 4 is 34.6 Å². The summed E-state index contributed by atoms with van der Waals surface area (Å²) in [5.74, 6) is -0.392. The summed E-state index contributed by atoms with van der Waals surface area (Å²) < 4.78 is 5.19. The number of esters is 1. The fourth-order valence-corrected chi connectivity index (χ4v) is 2.84. The number of nitrogens with two attached hydrogens (primary N) is 1. The summed E-state index contributed by atoms with van der Waals surface area (Å²) >= 11 is 6.18. The lowest BCUT2D eigenvalue weighted by Crippen LogP contribution is -2.12. The van der Waals surface area contributed by atoms with Crippen LogP contribution in [-0.4, -0.2) is 17.1 Å². The first-order chi connectivity index (χ1) is 12.9. The number of pyridine rings is 1. The van der Waals surface area contributed by atoms with E-state index in [-0.39, 0.29) is 6.10 Å². The molecular weight excluding hydrogens is 362 g/mol. The summed E-state index contributed by atoms with van der Waals surface area (Å²) in [4.78, 5) is 16.1. The maximum absolute atomic E-state index is 12.0. The molecule has 0 aliphatic carbocycles. The third-order valence-electron chi connectivity index (χ3n) is 3.84. The number of aromatic nitrogens is 1. The van der Waals surface area contributed by atoms with Crippen molar-refractivity contribution in [2.75, 3.05) is 11.1 Å². The van der Waals surface area contributed by atoms with Crippen molar-refractivity contribution < 1.29 is 9.53 Å². The number of nitrogens with one attached hydrogen (secondary N) is 1. The van der Waals surface area contributed by atoms with Crippen molar-refractivity contribution in [2.45, 2.75) is 20.0 Å². The van der Waals surface area contributed by atoms with Gasteiger partial charge < -0.3 is 15.8 Å². The number of hydrogen-bond donors (Lipinski definition) is 2. The monoisotopic (exact) mass is 381 g/mol. The standard InChI is InChI=1S/C21H20ClN3O2/c1-13(2)27-21(26)15-8-9-19(18(23)12-15)25-16-6-3-5-14(11-16)17-7-4-10-24-20(17)22/h3-13,25H,23H2,1-2H3. The molecule has 0 unspecified atom stereocenters. The molecule has 0 saturated carbocycles. The minimum atomic E-state index is -0.392. The molecule has 3 aromatic rings. The molecule has 0 saturated heterocycles. The van der Waals surface area contributed by atoms with E-state index in [9.17, 15) is 4.79 Å². The van der Waals surface area contributed by atoms with Gasteiger partial charge in [-0.25, -0.2) is 9.78 Å². The smallest absolute Gasteiger partial charge is 0.338 e. The Balaban J connectivity index is 1.83. The molecule has 6 heteroatoms. The van der Waals surface area contributed by atoms with Gasteiger partial charge >= 0.3 is 5.97 Å². The highest BCUT2D eigenvalue weighted by Gasteiger charge is 2.12. The van der Waals surface area contributed by atoms with Crippen molar-refractivity contribution in [1.29, 1.82) is 0 Å². The molecule has 0 aliphatic rings. The molecule has 0 amide bonds. The molecule has 3 N–H and O–H groups in total. The van der Waals surface area contributed by atoms with Gasteiger partial charge in [0.05, 0.1) is 23.0 Å². The lowest BCUT2D eigenvalue weighted by atomic mass is 10.1. The van der Waals surface area contributed by atoms with E-state index in [1.807, 2.05) is 36.4 Å². The van der Waals surface area contributed by atoms with Crippen LogP contribution in [0.15, 0.2) is 60.8 Å². The third-order valence-corrected chi connectivity index (χ3v) is 4.14. The first kappa shape index (κ1) is 18.7. The van der Waals surface area contributed by atoms with Gasteiger partial charge in [0, 0.05) is 17.4 Å². The zero-order chi connectivity index (χ0) is 19.4. The molecule has 5 nitrogen and oxygen atoms in total. The number of anilines is 3. The number of benzene rings is 2. The molecule has 0 radical (unpaired) electrons. The molecule has 0 atom stereocenters. The fourth-order valence-electron chi connectivity index (χ4n) is 2.61.